The maximum atomic E-state index is 12.3. The van der Waals surface area contributed by atoms with Gasteiger partial charge in [-0.25, -0.2) is 0 Å². The molecule has 2 aliphatic heterocycles. The van der Waals surface area contributed by atoms with Crippen LogP contribution in [-0.2, 0) is 9.53 Å². The van der Waals surface area contributed by atoms with E-state index >= 15 is 0 Å². The summed E-state index contributed by atoms with van der Waals surface area (Å²) in [5.41, 5.74) is 0. The second kappa shape index (κ2) is 7.49. The van der Waals surface area contributed by atoms with Gasteiger partial charge in [0.25, 0.3) is 0 Å². The predicted octanol–water partition coefficient (Wildman–Crippen LogP) is 3.11. The van der Waals surface area contributed by atoms with Gasteiger partial charge in [0.05, 0.1) is 6.10 Å². The summed E-state index contributed by atoms with van der Waals surface area (Å²) in [6.45, 7) is 1.83. The van der Waals surface area contributed by atoms with Gasteiger partial charge < -0.3 is 9.64 Å². The molecule has 0 aliphatic carbocycles. The van der Waals surface area contributed by atoms with Crippen LogP contribution in [0.5, 0.6) is 0 Å². The van der Waals surface area contributed by atoms with Gasteiger partial charge in [-0.3, -0.25) is 4.79 Å². The summed E-state index contributed by atoms with van der Waals surface area (Å²) < 4.78 is 5.59. The van der Waals surface area contributed by atoms with Crippen molar-refractivity contribution >= 4 is 21.8 Å². The molecule has 2 atom stereocenters. The molecule has 0 saturated carbocycles. The summed E-state index contributed by atoms with van der Waals surface area (Å²) in [5.74, 6) is 0.330. The van der Waals surface area contributed by atoms with Gasteiger partial charge >= 0.3 is 0 Å². The number of halogens is 1. The quantitative estimate of drug-likeness (QED) is 0.746. The number of carbonyl (C=O) groups is 1. The normalized spacial score (nSPS) is 29.3. The number of carbonyl (C=O) groups excluding carboxylic acids is 1. The highest BCUT2D eigenvalue weighted by atomic mass is 79.9. The minimum atomic E-state index is 0.330. The lowest BCUT2D eigenvalue weighted by Crippen LogP contribution is -2.41. The zero-order valence-corrected chi connectivity index (χ0v) is 12.7. The standard InChI is InChI=1S/C14H24BrNO2/c15-11-12-5-2-1-3-9-16(12)14(17)8-7-13-6-4-10-18-13/h12-13H,1-11H2. The Balaban J connectivity index is 1.80. The number of rotatable bonds is 4. The molecule has 0 aromatic rings. The van der Waals surface area contributed by atoms with Crippen LogP contribution in [0.1, 0.15) is 51.4 Å². The molecule has 1 amide bonds. The Labute approximate surface area is 118 Å². The highest BCUT2D eigenvalue weighted by Gasteiger charge is 2.25. The fourth-order valence-electron chi connectivity index (χ4n) is 2.97. The summed E-state index contributed by atoms with van der Waals surface area (Å²) >= 11 is 3.55. The van der Waals surface area contributed by atoms with E-state index in [4.69, 9.17) is 4.74 Å². The molecule has 0 aromatic carbocycles. The van der Waals surface area contributed by atoms with Gasteiger partial charge in [0.1, 0.15) is 0 Å². The van der Waals surface area contributed by atoms with Crippen molar-refractivity contribution in [2.24, 2.45) is 0 Å². The molecule has 3 nitrogen and oxygen atoms in total. The Morgan fingerprint density at radius 1 is 1.22 bits per heavy atom. The molecular formula is C14H24BrNO2. The second-order valence-electron chi connectivity index (χ2n) is 5.42. The van der Waals surface area contributed by atoms with Gasteiger partial charge in [-0.15, -0.1) is 0 Å². The highest BCUT2D eigenvalue weighted by Crippen LogP contribution is 2.22. The number of likely N-dealkylation sites (tertiary alicyclic amines) is 1. The number of hydrogen-bond donors (Lipinski definition) is 0. The molecule has 0 bridgehead atoms. The molecule has 0 radical (unpaired) electrons. The van der Waals surface area contributed by atoms with Crippen LogP contribution in [0.25, 0.3) is 0 Å². The van der Waals surface area contributed by atoms with Crippen LogP contribution < -0.4 is 0 Å². The van der Waals surface area contributed by atoms with Gasteiger partial charge in [-0.1, -0.05) is 28.8 Å². The minimum absolute atomic E-state index is 0.330. The molecule has 0 spiro atoms. The number of hydrogen-bond acceptors (Lipinski definition) is 2. The molecule has 2 unspecified atom stereocenters. The maximum Gasteiger partial charge on any atom is 0.222 e. The predicted molar refractivity (Wildman–Crippen MR) is 76.0 cm³/mol. The summed E-state index contributed by atoms with van der Waals surface area (Å²) in [4.78, 5) is 14.4. The fraction of sp³-hybridized carbons (Fsp3) is 0.929. The molecule has 2 saturated heterocycles. The third-order valence-corrected chi connectivity index (χ3v) is 4.83. The van der Waals surface area contributed by atoms with Gasteiger partial charge in [0.15, 0.2) is 0 Å². The topological polar surface area (TPSA) is 29.5 Å². The molecule has 2 heterocycles. The third kappa shape index (κ3) is 3.95. The first kappa shape index (κ1) is 14.3. The van der Waals surface area contributed by atoms with Gasteiger partial charge in [0.2, 0.25) is 5.91 Å². The van der Waals surface area contributed by atoms with Crippen molar-refractivity contribution in [2.75, 3.05) is 18.5 Å². The number of amides is 1. The highest BCUT2D eigenvalue weighted by molar-refractivity contribution is 9.09. The molecule has 0 N–H and O–H groups in total. The van der Waals surface area contributed by atoms with E-state index < -0.39 is 0 Å². The number of nitrogens with zero attached hydrogens (tertiary/aromatic N) is 1. The van der Waals surface area contributed by atoms with E-state index in [0.29, 0.717) is 24.5 Å². The van der Waals surface area contributed by atoms with Crippen LogP contribution in [0.4, 0.5) is 0 Å². The van der Waals surface area contributed by atoms with Gasteiger partial charge in [0, 0.05) is 30.9 Å². The summed E-state index contributed by atoms with van der Waals surface area (Å²) in [7, 11) is 0. The van der Waals surface area contributed by atoms with Crippen molar-refractivity contribution in [1.29, 1.82) is 0 Å². The Bertz CT molecular complexity index is 267. The maximum absolute atomic E-state index is 12.3. The van der Waals surface area contributed by atoms with E-state index in [1.54, 1.807) is 0 Å². The van der Waals surface area contributed by atoms with Crippen molar-refractivity contribution in [3.63, 3.8) is 0 Å². The SMILES string of the molecule is O=C(CCC1CCCO1)N1CCCCCC1CBr. The van der Waals surface area contributed by atoms with E-state index in [0.717, 1.165) is 50.6 Å². The van der Waals surface area contributed by atoms with Gasteiger partial charge in [-0.2, -0.15) is 0 Å². The molecule has 104 valence electrons. The number of ether oxygens (including phenoxy) is 1. The van der Waals surface area contributed by atoms with Crippen LogP contribution in [0.3, 0.4) is 0 Å². The fourth-order valence-corrected chi connectivity index (χ4v) is 3.64. The van der Waals surface area contributed by atoms with Crippen LogP contribution in [0.15, 0.2) is 0 Å². The van der Waals surface area contributed by atoms with Crippen LogP contribution in [-0.4, -0.2) is 41.4 Å². The Kier molecular flexibility index (Phi) is 5.96. The largest absolute Gasteiger partial charge is 0.378 e. The first-order valence-corrected chi connectivity index (χ1v) is 8.40. The molecule has 18 heavy (non-hydrogen) atoms. The van der Waals surface area contributed by atoms with E-state index in [-0.39, 0.29) is 0 Å². The van der Waals surface area contributed by atoms with E-state index in [1.165, 1.54) is 12.8 Å². The lowest BCUT2D eigenvalue weighted by molar-refractivity contribution is -0.133. The second-order valence-corrected chi connectivity index (χ2v) is 6.07. The lowest BCUT2D eigenvalue weighted by atomic mass is 10.1. The van der Waals surface area contributed by atoms with Crippen molar-refractivity contribution in [3.8, 4) is 0 Å². The van der Waals surface area contributed by atoms with Crippen molar-refractivity contribution in [1.82, 2.24) is 4.90 Å². The smallest absolute Gasteiger partial charge is 0.222 e. The van der Waals surface area contributed by atoms with Gasteiger partial charge in [-0.05, 0) is 32.1 Å². The first-order chi connectivity index (χ1) is 8.81. The zero-order chi connectivity index (χ0) is 12.8. The van der Waals surface area contributed by atoms with Crippen molar-refractivity contribution in [3.05, 3.63) is 0 Å². The summed E-state index contributed by atoms with van der Waals surface area (Å²) in [6, 6.07) is 0.407. The molecule has 2 rings (SSSR count). The van der Waals surface area contributed by atoms with Crippen LogP contribution >= 0.6 is 15.9 Å². The van der Waals surface area contributed by atoms with Crippen molar-refractivity contribution < 1.29 is 9.53 Å². The molecular weight excluding hydrogens is 294 g/mol. The Morgan fingerprint density at radius 3 is 2.83 bits per heavy atom. The van der Waals surface area contributed by atoms with E-state index in [9.17, 15) is 4.79 Å². The third-order valence-electron chi connectivity index (χ3n) is 4.08. The van der Waals surface area contributed by atoms with E-state index in [2.05, 4.69) is 20.8 Å². The molecule has 2 aliphatic rings. The summed E-state index contributed by atoms with van der Waals surface area (Å²) in [5, 5.41) is 0.915. The Morgan fingerprint density at radius 2 is 2.11 bits per heavy atom. The number of alkyl halides is 1. The minimum Gasteiger partial charge on any atom is -0.378 e. The average molecular weight is 318 g/mol. The molecule has 0 aromatic heterocycles. The lowest BCUT2D eigenvalue weighted by Gasteiger charge is -2.29. The van der Waals surface area contributed by atoms with Crippen LogP contribution in [0, 0.1) is 0 Å². The first-order valence-electron chi connectivity index (χ1n) is 7.28. The Hall–Kier alpha value is -0.0900. The van der Waals surface area contributed by atoms with Crippen molar-refractivity contribution in [2.45, 2.75) is 63.5 Å². The molecule has 2 fully saturated rings. The zero-order valence-electron chi connectivity index (χ0n) is 11.1. The summed E-state index contributed by atoms with van der Waals surface area (Å²) in [6.07, 6.45) is 9.03. The van der Waals surface area contributed by atoms with E-state index in [1.807, 2.05) is 0 Å². The molecule has 4 heteroatoms. The van der Waals surface area contributed by atoms with Crippen LogP contribution in [0.2, 0.25) is 0 Å². The monoisotopic (exact) mass is 317 g/mol. The average Bonchev–Trinajstić information content (AvgIpc) is 2.79.